The molecule has 0 aliphatic rings. The molecule has 0 rings (SSSR count). The molecule has 0 bridgehead atoms. The van der Waals surface area contributed by atoms with E-state index in [2.05, 4.69) is 0 Å². The van der Waals surface area contributed by atoms with Gasteiger partial charge in [-0.3, -0.25) is 0 Å². The van der Waals surface area contributed by atoms with Crippen molar-refractivity contribution < 1.29 is 53.6 Å². The molecule has 11 nitrogen and oxygen atoms in total. The summed E-state index contributed by atoms with van der Waals surface area (Å²) in [5.41, 5.74) is 0. The Morgan fingerprint density at radius 2 is 0.844 bits per heavy atom. The third-order valence-corrected chi connectivity index (χ3v) is 3.45. The molecule has 4 N–H and O–H groups in total. The van der Waals surface area contributed by atoms with Gasteiger partial charge in [0.25, 0.3) is 0 Å². The van der Waals surface area contributed by atoms with Gasteiger partial charge in [0.1, 0.15) is 0 Å². The first kappa shape index (κ1) is 33.7. The average molecular weight is 475 g/mol. The molecule has 0 spiro atoms. The third kappa shape index (κ3) is 31.7. The molecule has 0 aliphatic carbocycles. The SMILES string of the molecule is CC(O)COC(C)COC(C)CO.OCCOCCOCCOCCOCCOCCO. The number of hydrogen-bond acceptors (Lipinski definition) is 11. The van der Waals surface area contributed by atoms with Crippen LogP contribution < -0.4 is 0 Å². The van der Waals surface area contributed by atoms with Gasteiger partial charge in [0.05, 0.1) is 117 Å². The summed E-state index contributed by atoms with van der Waals surface area (Å²) in [6, 6.07) is 0. The molecule has 0 fully saturated rings. The zero-order chi connectivity index (χ0) is 24.3. The van der Waals surface area contributed by atoms with Crippen LogP contribution in [0, 0.1) is 0 Å². The third-order valence-electron chi connectivity index (χ3n) is 3.45. The lowest BCUT2D eigenvalue weighted by Crippen LogP contribution is -2.24. The fourth-order valence-electron chi connectivity index (χ4n) is 1.81. The smallest absolute Gasteiger partial charge is 0.0781 e. The Bertz CT molecular complexity index is 319. The van der Waals surface area contributed by atoms with Crippen molar-refractivity contribution in [3.8, 4) is 0 Å². The largest absolute Gasteiger partial charge is 0.394 e. The van der Waals surface area contributed by atoms with E-state index < -0.39 is 6.10 Å². The fraction of sp³-hybridized carbons (Fsp3) is 1.00. The Labute approximate surface area is 192 Å². The van der Waals surface area contributed by atoms with Crippen LogP contribution in [0.3, 0.4) is 0 Å². The Morgan fingerprint density at radius 1 is 0.500 bits per heavy atom. The summed E-state index contributed by atoms with van der Waals surface area (Å²) in [7, 11) is 0. The van der Waals surface area contributed by atoms with E-state index in [1.54, 1.807) is 13.8 Å². The molecule has 0 aromatic rings. The van der Waals surface area contributed by atoms with E-state index in [1.165, 1.54) is 0 Å². The predicted molar refractivity (Wildman–Crippen MR) is 118 cm³/mol. The molecule has 11 heteroatoms. The lowest BCUT2D eigenvalue weighted by molar-refractivity contribution is -0.0620. The van der Waals surface area contributed by atoms with Gasteiger partial charge in [0.15, 0.2) is 0 Å². The molecular weight excluding hydrogens is 428 g/mol. The van der Waals surface area contributed by atoms with E-state index in [0.717, 1.165) is 0 Å². The summed E-state index contributed by atoms with van der Waals surface area (Å²) in [6.45, 7) is 10.9. The summed E-state index contributed by atoms with van der Waals surface area (Å²) in [5, 5.41) is 34.5. The van der Waals surface area contributed by atoms with Gasteiger partial charge in [-0.1, -0.05) is 0 Å². The van der Waals surface area contributed by atoms with Crippen LogP contribution in [-0.4, -0.2) is 138 Å². The van der Waals surface area contributed by atoms with Gasteiger partial charge in [-0.2, -0.15) is 0 Å². The van der Waals surface area contributed by atoms with E-state index in [9.17, 15) is 0 Å². The van der Waals surface area contributed by atoms with E-state index >= 15 is 0 Å². The molecule has 3 atom stereocenters. The van der Waals surface area contributed by atoms with Crippen molar-refractivity contribution in [1.29, 1.82) is 0 Å². The number of rotatable bonds is 23. The summed E-state index contributed by atoms with van der Waals surface area (Å²) >= 11 is 0. The molecular formula is C21H46O11. The number of hydrogen-bond donors (Lipinski definition) is 4. The second kappa shape index (κ2) is 28.6. The minimum Gasteiger partial charge on any atom is -0.394 e. The van der Waals surface area contributed by atoms with Crippen LogP contribution in [0.1, 0.15) is 20.8 Å². The predicted octanol–water partition coefficient (Wildman–Crippen LogP) is -0.776. The summed E-state index contributed by atoms with van der Waals surface area (Å²) in [5.74, 6) is 0. The van der Waals surface area contributed by atoms with Gasteiger partial charge in [-0.15, -0.1) is 0 Å². The van der Waals surface area contributed by atoms with E-state index in [4.69, 9.17) is 53.6 Å². The number of aliphatic hydroxyl groups is 4. The van der Waals surface area contributed by atoms with Gasteiger partial charge in [-0.05, 0) is 20.8 Å². The van der Waals surface area contributed by atoms with Crippen molar-refractivity contribution in [1.82, 2.24) is 0 Å². The molecule has 0 amide bonds. The Kier molecular flexibility index (Phi) is 30.1. The minimum absolute atomic E-state index is 0.0170. The van der Waals surface area contributed by atoms with Crippen molar-refractivity contribution in [2.75, 3.05) is 99.1 Å². The summed E-state index contributed by atoms with van der Waals surface area (Å²) in [6.07, 6.45) is -0.654. The highest BCUT2D eigenvalue weighted by Crippen LogP contribution is 1.97. The molecule has 0 aromatic heterocycles. The first-order valence-corrected chi connectivity index (χ1v) is 11.1. The molecule has 0 saturated carbocycles. The molecule has 3 unspecified atom stereocenters. The second-order valence-electron chi connectivity index (χ2n) is 6.83. The fourth-order valence-corrected chi connectivity index (χ4v) is 1.81. The molecule has 0 saturated heterocycles. The minimum atomic E-state index is -0.447. The standard InChI is InChI=1S/C12H26O7.C9H20O4/c13-1-3-15-5-7-17-9-11-19-12-10-18-8-6-16-4-2-14;1-7(11)5-12-9(3)6-13-8(2)4-10/h13-14H,1-12H2;7-11H,4-6H2,1-3H3. The van der Waals surface area contributed by atoms with Crippen LogP contribution in [-0.2, 0) is 33.2 Å². The normalized spacial score (nSPS) is 14.0. The topological polar surface area (TPSA) is 146 Å². The molecule has 0 radical (unpaired) electrons. The van der Waals surface area contributed by atoms with Crippen molar-refractivity contribution in [2.45, 2.75) is 39.1 Å². The van der Waals surface area contributed by atoms with Crippen LogP contribution >= 0.6 is 0 Å². The van der Waals surface area contributed by atoms with Gasteiger partial charge in [-0.25, -0.2) is 0 Å². The first-order valence-electron chi connectivity index (χ1n) is 11.1. The van der Waals surface area contributed by atoms with Crippen LogP contribution in [0.2, 0.25) is 0 Å². The molecule has 196 valence electrons. The van der Waals surface area contributed by atoms with Gasteiger partial charge in [0, 0.05) is 0 Å². The van der Waals surface area contributed by atoms with Gasteiger partial charge >= 0.3 is 0 Å². The molecule has 0 aromatic carbocycles. The summed E-state index contributed by atoms with van der Waals surface area (Å²) < 4.78 is 36.3. The quantitative estimate of drug-likeness (QED) is 0.138. The van der Waals surface area contributed by atoms with Gasteiger partial charge < -0.3 is 53.6 Å². The number of ether oxygens (including phenoxy) is 7. The van der Waals surface area contributed by atoms with Crippen LogP contribution in [0.15, 0.2) is 0 Å². The lowest BCUT2D eigenvalue weighted by atomic mass is 10.4. The number of aliphatic hydroxyl groups excluding tert-OH is 4. The highest BCUT2D eigenvalue weighted by molar-refractivity contribution is 4.53. The maximum Gasteiger partial charge on any atom is 0.0781 e. The van der Waals surface area contributed by atoms with Crippen molar-refractivity contribution in [3.05, 3.63) is 0 Å². The van der Waals surface area contributed by atoms with Crippen molar-refractivity contribution in [2.24, 2.45) is 0 Å². The van der Waals surface area contributed by atoms with Crippen LogP contribution in [0.25, 0.3) is 0 Å². The molecule has 0 aliphatic heterocycles. The Balaban J connectivity index is 0. The molecule has 0 heterocycles. The van der Waals surface area contributed by atoms with Crippen LogP contribution in [0.4, 0.5) is 0 Å². The molecule has 32 heavy (non-hydrogen) atoms. The lowest BCUT2D eigenvalue weighted by Gasteiger charge is -2.16. The monoisotopic (exact) mass is 474 g/mol. The zero-order valence-corrected chi connectivity index (χ0v) is 20.0. The summed E-state index contributed by atoms with van der Waals surface area (Å²) in [4.78, 5) is 0. The second-order valence-corrected chi connectivity index (χ2v) is 6.83. The van der Waals surface area contributed by atoms with E-state index in [0.29, 0.717) is 79.3 Å². The zero-order valence-electron chi connectivity index (χ0n) is 20.0. The van der Waals surface area contributed by atoms with E-state index in [1.807, 2.05) is 6.92 Å². The average Bonchev–Trinajstić information content (AvgIpc) is 2.79. The maximum absolute atomic E-state index is 8.92. The Morgan fingerprint density at radius 3 is 1.16 bits per heavy atom. The van der Waals surface area contributed by atoms with Crippen molar-refractivity contribution in [3.63, 3.8) is 0 Å². The Hall–Kier alpha value is -0.440. The van der Waals surface area contributed by atoms with Crippen molar-refractivity contribution >= 4 is 0 Å². The first-order chi connectivity index (χ1) is 15.5. The van der Waals surface area contributed by atoms with E-state index in [-0.39, 0.29) is 32.0 Å². The highest BCUT2D eigenvalue weighted by Gasteiger charge is 2.07. The van der Waals surface area contributed by atoms with Crippen LogP contribution in [0.5, 0.6) is 0 Å². The van der Waals surface area contributed by atoms with Gasteiger partial charge in [0.2, 0.25) is 0 Å². The maximum atomic E-state index is 8.92. The highest BCUT2D eigenvalue weighted by atomic mass is 16.6.